The van der Waals surface area contributed by atoms with E-state index in [9.17, 15) is 14.5 Å². The van der Waals surface area contributed by atoms with Crippen LogP contribution < -0.4 is 5.32 Å². The average Bonchev–Trinajstić information content (AvgIpc) is 3.03. The van der Waals surface area contributed by atoms with Gasteiger partial charge in [-0.2, -0.15) is 0 Å². The molecule has 0 bridgehead atoms. The number of nitro groups is 1. The van der Waals surface area contributed by atoms with Crippen LogP contribution in [-0.4, -0.2) is 42.5 Å². The molecule has 1 fully saturated rings. The van der Waals surface area contributed by atoms with Gasteiger partial charge in [-0.05, 0) is 38.8 Å². The molecule has 1 aliphatic heterocycles. The minimum absolute atomic E-state index is 0.0233. The summed E-state index contributed by atoms with van der Waals surface area (Å²) in [5, 5.41) is 14.6. The molecule has 10 heteroatoms. The van der Waals surface area contributed by atoms with E-state index >= 15 is 0 Å². The molecular formula is C18H19FN6O3. The summed E-state index contributed by atoms with van der Waals surface area (Å²) in [6.07, 6.45) is 5.34. The summed E-state index contributed by atoms with van der Waals surface area (Å²) in [4.78, 5) is 23.6. The molecule has 3 aromatic heterocycles. The Balaban J connectivity index is 1.73. The van der Waals surface area contributed by atoms with E-state index in [1.54, 1.807) is 0 Å². The van der Waals surface area contributed by atoms with Crippen LogP contribution in [0.2, 0.25) is 0 Å². The first kappa shape index (κ1) is 18.2. The molecule has 1 N–H and O–H groups in total. The van der Waals surface area contributed by atoms with E-state index in [4.69, 9.17) is 4.74 Å². The summed E-state index contributed by atoms with van der Waals surface area (Å²) in [7, 11) is 0. The summed E-state index contributed by atoms with van der Waals surface area (Å²) in [6.45, 7) is 4.52. The fraction of sp³-hybridized carbons (Fsp3) is 0.389. The number of ether oxygens (including phenoxy) is 1. The molecule has 1 atom stereocenters. The smallest absolute Gasteiger partial charge is 0.329 e. The minimum atomic E-state index is -0.523. The van der Waals surface area contributed by atoms with Crippen LogP contribution in [0.25, 0.3) is 17.2 Å². The Morgan fingerprint density at radius 3 is 2.93 bits per heavy atom. The number of nitrogens with one attached hydrogen (secondary N) is 1. The molecule has 0 amide bonds. The van der Waals surface area contributed by atoms with Crippen molar-refractivity contribution in [2.75, 3.05) is 11.9 Å². The highest BCUT2D eigenvalue weighted by molar-refractivity contribution is 5.63. The summed E-state index contributed by atoms with van der Waals surface area (Å²) in [6, 6.07) is 2.82. The van der Waals surface area contributed by atoms with E-state index in [2.05, 4.69) is 20.3 Å². The third kappa shape index (κ3) is 3.50. The quantitative estimate of drug-likeness (QED) is 0.542. The molecule has 28 heavy (non-hydrogen) atoms. The summed E-state index contributed by atoms with van der Waals surface area (Å²) in [5.41, 5.74) is 0.437. The van der Waals surface area contributed by atoms with Gasteiger partial charge in [0.25, 0.3) is 0 Å². The molecule has 1 aliphatic rings. The number of hydrogen-bond donors (Lipinski definition) is 1. The molecule has 4 heterocycles. The van der Waals surface area contributed by atoms with Crippen molar-refractivity contribution in [2.24, 2.45) is 0 Å². The molecule has 0 aliphatic carbocycles. The van der Waals surface area contributed by atoms with E-state index in [1.807, 2.05) is 13.8 Å². The van der Waals surface area contributed by atoms with Crippen LogP contribution in [-0.2, 0) is 4.74 Å². The van der Waals surface area contributed by atoms with Gasteiger partial charge in [0, 0.05) is 18.8 Å². The number of halogens is 1. The van der Waals surface area contributed by atoms with Gasteiger partial charge in [-0.1, -0.05) is 0 Å². The number of nitrogens with zero attached hydrogens (tertiary/aromatic N) is 5. The van der Waals surface area contributed by atoms with Crippen LogP contribution in [0.3, 0.4) is 0 Å². The Morgan fingerprint density at radius 2 is 2.18 bits per heavy atom. The Kier molecular flexibility index (Phi) is 4.42. The highest BCUT2D eigenvalue weighted by atomic mass is 19.1. The van der Waals surface area contributed by atoms with Gasteiger partial charge in [-0.15, -0.1) is 0 Å². The van der Waals surface area contributed by atoms with Crippen LogP contribution in [0.1, 0.15) is 26.7 Å². The van der Waals surface area contributed by atoms with Crippen molar-refractivity contribution in [3.05, 3.63) is 46.7 Å². The number of rotatable bonds is 4. The molecule has 0 spiro atoms. The molecular weight excluding hydrogens is 367 g/mol. The number of hydrogen-bond acceptors (Lipinski definition) is 7. The molecule has 146 valence electrons. The number of aromatic nitrogens is 4. The SMILES string of the molecule is CC1(C)CC(Nc2nc(-c3cnc4ccc(F)cn34)ncc2[N+](=O)[O-])CCO1. The van der Waals surface area contributed by atoms with Crippen molar-refractivity contribution in [2.45, 2.75) is 38.3 Å². The van der Waals surface area contributed by atoms with E-state index in [-0.39, 0.29) is 29.0 Å². The van der Waals surface area contributed by atoms with E-state index in [0.717, 1.165) is 6.20 Å². The first-order valence-electron chi connectivity index (χ1n) is 8.87. The van der Waals surface area contributed by atoms with E-state index < -0.39 is 10.7 Å². The van der Waals surface area contributed by atoms with Crippen LogP contribution in [0.4, 0.5) is 15.9 Å². The second-order valence-corrected chi connectivity index (χ2v) is 7.35. The van der Waals surface area contributed by atoms with Gasteiger partial charge in [0.15, 0.2) is 5.82 Å². The maximum Gasteiger partial charge on any atom is 0.329 e. The summed E-state index contributed by atoms with van der Waals surface area (Å²) >= 11 is 0. The number of pyridine rings is 1. The Bertz CT molecular complexity index is 1050. The van der Waals surface area contributed by atoms with Crippen LogP contribution in [0.5, 0.6) is 0 Å². The maximum absolute atomic E-state index is 13.6. The van der Waals surface area contributed by atoms with Crippen molar-refractivity contribution in [1.29, 1.82) is 0 Å². The van der Waals surface area contributed by atoms with Gasteiger partial charge in [-0.3, -0.25) is 14.5 Å². The molecule has 1 unspecified atom stereocenters. The van der Waals surface area contributed by atoms with E-state index in [0.29, 0.717) is 30.8 Å². The largest absolute Gasteiger partial charge is 0.375 e. The molecule has 0 saturated carbocycles. The normalized spacial score (nSPS) is 18.9. The van der Waals surface area contributed by atoms with Gasteiger partial charge < -0.3 is 10.1 Å². The van der Waals surface area contributed by atoms with Crippen molar-refractivity contribution in [3.63, 3.8) is 0 Å². The molecule has 9 nitrogen and oxygen atoms in total. The first-order chi connectivity index (χ1) is 13.3. The fourth-order valence-electron chi connectivity index (χ4n) is 3.41. The Hall–Kier alpha value is -3.14. The van der Waals surface area contributed by atoms with Crippen molar-refractivity contribution in [3.8, 4) is 11.5 Å². The summed E-state index contributed by atoms with van der Waals surface area (Å²) < 4.78 is 20.8. The maximum atomic E-state index is 13.6. The zero-order chi connectivity index (χ0) is 19.9. The number of imidazole rings is 1. The van der Waals surface area contributed by atoms with Crippen LogP contribution >= 0.6 is 0 Å². The van der Waals surface area contributed by atoms with Crippen molar-refractivity contribution < 1.29 is 14.1 Å². The summed E-state index contributed by atoms with van der Waals surface area (Å²) in [5.74, 6) is -0.0852. The predicted octanol–water partition coefficient (Wildman–Crippen LogP) is 3.21. The molecule has 4 rings (SSSR count). The van der Waals surface area contributed by atoms with Crippen molar-refractivity contribution in [1.82, 2.24) is 19.4 Å². The minimum Gasteiger partial charge on any atom is -0.375 e. The Labute approximate surface area is 159 Å². The lowest BCUT2D eigenvalue weighted by Crippen LogP contribution is -2.40. The lowest BCUT2D eigenvalue weighted by Gasteiger charge is -2.35. The monoisotopic (exact) mass is 386 g/mol. The Morgan fingerprint density at radius 1 is 1.36 bits per heavy atom. The lowest BCUT2D eigenvalue weighted by molar-refractivity contribution is -0.384. The predicted molar refractivity (Wildman–Crippen MR) is 99.5 cm³/mol. The highest BCUT2D eigenvalue weighted by Gasteiger charge is 2.31. The second kappa shape index (κ2) is 6.79. The topological polar surface area (TPSA) is 107 Å². The van der Waals surface area contributed by atoms with Crippen LogP contribution in [0, 0.1) is 15.9 Å². The molecule has 0 aromatic carbocycles. The second-order valence-electron chi connectivity index (χ2n) is 7.35. The first-order valence-corrected chi connectivity index (χ1v) is 8.87. The lowest BCUT2D eigenvalue weighted by atomic mass is 9.94. The van der Waals surface area contributed by atoms with E-state index in [1.165, 1.54) is 28.9 Å². The third-order valence-corrected chi connectivity index (χ3v) is 4.70. The van der Waals surface area contributed by atoms with Gasteiger partial charge in [-0.25, -0.2) is 19.3 Å². The number of anilines is 1. The van der Waals surface area contributed by atoms with Crippen LogP contribution in [0.15, 0.2) is 30.7 Å². The molecule has 0 radical (unpaired) electrons. The number of fused-ring (bicyclic) bond motifs is 1. The molecule has 3 aromatic rings. The average molecular weight is 386 g/mol. The fourth-order valence-corrected chi connectivity index (χ4v) is 3.41. The third-order valence-electron chi connectivity index (χ3n) is 4.70. The van der Waals surface area contributed by atoms with Crippen molar-refractivity contribution >= 4 is 17.2 Å². The van der Waals surface area contributed by atoms with Gasteiger partial charge in [0.2, 0.25) is 5.82 Å². The zero-order valence-corrected chi connectivity index (χ0v) is 15.4. The highest BCUT2D eigenvalue weighted by Crippen LogP contribution is 2.30. The van der Waals surface area contributed by atoms with Gasteiger partial charge in [0.05, 0.1) is 16.7 Å². The molecule has 1 saturated heterocycles. The standard InChI is InChI=1S/C18H19FN6O3/c1-18(2)7-12(5-6-28-18)22-17-14(25(26)27)9-21-16(23-17)13-8-20-15-4-3-11(19)10-24(13)15/h3-4,8-10,12H,5-7H2,1-2H3,(H,21,22,23). The van der Waals surface area contributed by atoms with Gasteiger partial charge >= 0.3 is 5.69 Å². The van der Waals surface area contributed by atoms with Gasteiger partial charge in [0.1, 0.15) is 23.4 Å². The zero-order valence-electron chi connectivity index (χ0n) is 15.4.